The lowest BCUT2D eigenvalue weighted by molar-refractivity contribution is -0.123. The summed E-state index contributed by atoms with van der Waals surface area (Å²) in [7, 11) is 0. The maximum Gasteiger partial charge on any atom is 0.258 e. The van der Waals surface area contributed by atoms with Gasteiger partial charge in [0.15, 0.2) is 0 Å². The van der Waals surface area contributed by atoms with Gasteiger partial charge in [0.2, 0.25) is 17.8 Å². The molecule has 0 aliphatic carbocycles. The van der Waals surface area contributed by atoms with Gasteiger partial charge in [-0.25, -0.2) is 0 Å². The molecule has 2 amide bonds. The second-order valence-corrected chi connectivity index (χ2v) is 8.09. The highest BCUT2D eigenvalue weighted by Gasteiger charge is 2.35. The highest BCUT2D eigenvalue weighted by Crippen LogP contribution is 2.31. The van der Waals surface area contributed by atoms with Crippen LogP contribution >= 0.6 is 11.6 Å². The summed E-state index contributed by atoms with van der Waals surface area (Å²) in [5.41, 5.74) is 0.269. The van der Waals surface area contributed by atoms with Crippen molar-refractivity contribution < 1.29 is 9.59 Å². The molecular formula is C20H22ClN5O3. The lowest BCUT2D eigenvalue weighted by Crippen LogP contribution is -2.40. The predicted octanol–water partition coefficient (Wildman–Crippen LogP) is 2.72. The molecule has 1 fully saturated rings. The minimum absolute atomic E-state index is 0.121. The number of nitrogens with zero attached hydrogens (tertiary/aromatic N) is 2. The number of piperidine rings is 1. The fourth-order valence-electron chi connectivity index (χ4n) is 3.91. The number of anilines is 3. The van der Waals surface area contributed by atoms with Crippen LogP contribution in [0.1, 0.15) is 37.7 Å². The number of aromatic nitrogens is 2. The number of hydrogen-bond donors (Lipinski definition) is 3. The Bertz CT molecular complexity index is 1020. The van der Waals surface area contributed by atoms with Gasteiger partial charge in [-0.1, -0.05) is 24.6 Å². The summed E-state index contributed by atoms with van der Waals surface area (Å²) in [5.74, 6) is -0.644. The summed E-state index contributed by atoms with van der Waals surface area (Å²) in [6, 6.07) is 6.70. The Hall–Kier alpha value is -2.87. The van der Waals surface area contributed by atoms with Gasteiger partial charge in [-0.3, -0.25) is 19.4 Å². The third-order valence-electron chi connectivity index (χ3n) is 5.30. The molecule has 1 saturated heterocycles. The molecular weight excluding hydrogens is 394 g/mol. The molecule has 0 spiro atoms. The van der Waals surface area contributed by atoms with Crippen molar-refractivity contribution in [2.45, 2.75) is 32.1 Å². The number of hydrogen-bond acceptors (Lipinski definition) is 5. The van der Waals surface area contributed by atoms with Gasteiger partial charge in [0.25, 0.3) is 5.56 Å². The zero-order valence-electron chi connectivity index (χ0n) is 16.0. The lowest BCUT2D eigenvalue weighted by Gasteiger charge is -2.32. The van der Waals surface area contributed by atoms with Gasteiger partial charge in [0.1, 0.15) is 5.82 Å². The lowest BCUT2D eigenvalue weighted by atomic mass is 9.92. The molecule has 152 valence electrons. The summed E-state index contributed by atoms with van der Waals surface area (Å²) < 4.78 is 0. The first-order chi connectivity index (χ1) is 13.9. The van der Waals surface area contributed by atoms with E-state index in [-0.39, 0.29) is 23.7 Å². The predicted molar refractivity (Wildman–Crippen MR) is 112 cm³/mol. The normalized spacial score (nSPS) is 21.3. The second kappa shape index (κ2) is 7.87. The Morgan fingerprint density at radius 1 is 1.34 bits per heavy atom. The van der Waals surface area contributed by atoms with Gasteiger partial charge in [-0.05, 0) is 37.0 Å². The summed E-state index contributed by atoms with van der Waals surface area (Å²) in [6.45, 7) is 3.73. The first-order valence-electron chi connectivity index (χ1n) is 9.66. The van der Waals surface area contributed by atoms with Crippen molar-refractivity contribution in [2.24, 2.45) is 5.92 Å². The first kappa shape index (κ1) is 19.4. The standard InChI is InChI=1S/C20H22ClN5O3/c1-11-4-3-7-26(10-11)20-24-17-16(19(29)25-20)14(9-15(27)23-17)18(28)22-13-6-2-5-12(21)8-13/h2,5-6,8,11,14H,3-4,7,9-10H2,1H3,(H,22,28)(H2,23,24,25,27,29)/t11-,14-/m0/s1. The van der Waals surface area contributed by atoms with Gasteiger partial charge >= 0.3 is 0 Å². The highest BCUT2D eigenvalue weighted by atomic mass is 35.5. The van der Waals surface area contributed by atoms with Crippen molar-refractivity contribution in [3.8, 4) is 0 Å². The van der Waals surface area contributed by atoms with E-state index in [1.165, 1.54) is 0 Å². The van der Waals surface area contributed by atoms with Crippen molar-refractivity contribution in [3.05, 3.63) is 45.2 Å². The van der Waals surface area contributed by atoms with E-state index in [1.54, 1.807) is 24.3 Å². The van der Waals surface area contributed by atoms with E-state index in [4.69, 9.17) is 11.6 Å². The van der Waals surface area contributed by atoms with Crippen molar-refractivity contribution >= 4 is 40.9 Å². The van der Waals surface area contributed by atoms with Gasteiger partial charge in [0, 0.05) is 30.2 Å². The van der Waals surface area contributed by atoms with Crippen molar-refractivity contribution in [1.82, 2.24) is 9.97 Å². The number of aromatic amines is 1. The van der Waals surface area contributed by atoms with Crippen LogP contribution in [0.2, 0.25) is 5.02 Å². The SMILES string of the molecule is C[C@H]1CCCN(c2nc3c(c(=O)[nH]2)[C@@H](C(=O)Nc2cccc(Cl)c2)CC(=O)N3)C1. The summed E-state index contributed by atoms with van der Waals surface area (Å²) in [5, 5.41) is 5.86. The van der Waals surface area contributed by atoms with E-state index in [0.29, 0.717) is 22.6 Å². The van der Waals surface area contributed by atoms with Crippen molar-refractivity contribution in [2.75, 3.05) is 28.6 Å². The Kier molecular flexibility index (Phi) is 5.27. The summed E-state index contributed by atoms with van der Waals surface area (Å²) >= 11 is 5.96. The molecule has 2 atom stereocenters. The third-order valence-corrected chi connectivity index (χ3v) is 5.54. The molecule has 8 nitrogen and oxygen atoms in total. The quantitative estimate of drug-likeness (QED) is 0.714. The molecule has 1 aromatic heterocycles. The van der Waals surface area contributed by atoms with Crippen LogP contribution in [0.25, 0.3) is 0 Å². The van der Waals surface area contributed by atoms with E-state index in [0.717, 1.165) is 25.9 Å². The molecule has 29 heavy (non-hydrogen) atoms. The number of rotatable bonds is 3. The summed E-state index contributed by atoms with van der Waals surface area (Å²) in [4.78, 5) is 47.2. The van der Waals surface area contributed by atoms with Crippen molar-refractivity contribution in [3.63, 3.8) is 0 Å². The van der Waals surface area contributed by atoms with Crippen LogP contribution in [0.5, 0.6) is 0 Å². The average molecular weight is 416 g/mol. The van der Waals surface area contributed by atoms with Gasteiger partial charge in [-0.15, -0.1) is 0 Å². The minimum Gasteiger partial charge on any atom is -0.342 e. The largest absolute Gasteiger partial charge is 0.342 e. The third kappa shape index (κ3) is 4.12. The molecule has 2 aliphatic rings. The smallest absolute Gasteiger partial charge is 0.258 e. The molecule has 0 unspecified atom stereocenters. The maximum atomic E-state index is 12.9. The Labute approximate surface area is 172 Å². The topological polar surface area (TPSA) is 107 Å². The number of benzene rings is 1. The molecule has 2 aliphatic heterocycles. The average Bonchev–Trinajstić information content (AvgIpc) is 2.67. The molecule has 3 N–H and O–H groups in total. The van der Waals surface area contributed by atoms with Gasteiger partial charge in [0.05, 0.1) is 11.5 Å². The Morgan fingerprint density at radius 3 is 2.93 bits per heavy atom. The second-order valence-electron chi connectivity index (χ2n) is 7.65. The molecule has 9 heteroatoms. The molecule has 0 radical (unpaired) electrons. The van der Waals surface area contributed by atoms with Crippen LogP contribution in [0.15, 0.2) is 29.1 Å². The fraction of sp³-hybridized carbons (Fsp3) is 0.400. The number of carbonyl (C=O) groups is 2. The van der Waals surface area contributed by atoms with E-state index >= 15 is 0 Å². The summed E-state index contributed by atoms with van der Waals surface area (Å²) in [6.07, 6.45) is 2.03. The number of nitrogens with one attached hydrogen (secondary N) is 3. The maximum absolute atomic E-state index is 12.9. The van der Waals surface area contributed by atoms with Gasteiger partial charge in [-0.2, -0.15) is 4.98 Å². The van der Waals surface area contributed by atoms with Crippen LogP contribution in [-0.4, -0.2) is 34.9 Å². The Morgan fingerprint density at radius 2 is 2.17 bits per heavy atom. The zero-order valence-corrected chi connectivity index (χ0v) is 16.8. The number of halogens is 1. The zero-order chi connectivity index (χ0) is 20.5. The molecule has 2 aromatic rings. The van der Waals surface area contributed by atoms with Crippen LogP contribution in [-0.2, 0) is 9.59 Å². The number of H-pyrrole nitrogens is 1. The van der Waals surface area contributed by atoms with Crippen LogP contribution in [0, 0.1) is 5.92 Å². The highest BCUT2D eigenvalue weighted by molar-refractivity contribution is 6.30. The first-order valence-corrected chi connectivity index (χ1v) is 10.0. The molecule has 4 rings (SSSR count). The Balaban J connectivity index is 1.65. The van der Waals surface area contributed by atoms with E-state index in [9.17, 15) is 14.4 Å². The van der Waals surface area contributed by atoms with E-state index in [2.05, 4.69) is 27.5 Å². The van der Waals surface area contributed by atoms with Crippen molar-refractivity contribution in [1.29, 1.82) is 0 Å². The minimum atomic E-state index is -0.927. The molecule has 0 saturated carbocycles. The number of fused-ring (bicyclic) bond motifs is 1. The number of amides is 2. The molecule has 3 heterocycles. The van der Waals surface area contributed by atoms with E-state index in [1.807, 2.05) is 4.90 Å². The van der Waals surface area contributed by atoms with Gasteiger partial charge < -0.3 is 15.5 Å². The van der Waals surface area contributed by atoms with Crippen LogP contribution in [0.4, 0.5) is 17.5 Å². The fourth-order valence-corrected chi connectivity index (χ4v) is 4.10. The monoisotopic (exact) mass is 415 g/mol. The molecule has 0 bridgehead atoms. The van der Waals surface area contributed by atoms with Crippen LogP contribution in [0.3, 0.4) is 0 Å². The number of carbonyl (C=O) groups excluding carboxylic acids is 2. The van der Waals surface area contributed by atoms with Crippen LogP contribution < -0.4 is 21.1 Å². The van der Waals surface area contributed by atoms with E-state index < -0.39 is 17.4 Å². The molecule has 1 aromatic carbocycles.